The molecule has 3 aromatic rings. The molecule has 0 saturated carbocycles. The van der Waals surface area contributed by atoms with E-state index >= 15 is 0 Å². The normalized spacial score (nSPS) is 11.7. The van der Waals surface area contributed by atoms with Gasteiger partial charge in [-0.2, -0.15) is 0 Å². The van der Waals surface area contributed by atoms with Gasteiger partial charge in [0.15, 0.2) is 5.01 Å². The number of amides is 3. The fourth-order valence-electron chi connectivity index (χ4n) is 2.77. The van der Waals surface area contributed by atoms with Crippen molar-refractivity contribution in [2.45, 2.75) is 12.6 Å². The molecule has 0 radical (unpaired) electrons. The van der Waals surface area contributed by atoms with Gasteiger partial charge < -0.3 is 25.5 Å². The summed E-state index contributed by atoms with van der Waals surface area (Å²) in [5.74, 6) is -6.14. The van der Waals surface area contributed by atoms with Crippen LogP contribution < -0.4 is 16.0 Å². The topological polar surface area (TPSA) is 151 Å². The zero-order chi connectivity index (χ0) is 25.4. The van der Waals surface area contributed by atoms with Crippen LogP contribution in [0.15, 0.2) is 52.6 Å². The molecular formula is C22H18F2N4O6S. The fraction of sp³-hybridized carbons (Fsp3) is 0.136. The minimum absolute atomic E-state index is 0.0294. The molecule has 3 rings (SSSR count). The molecule has 2 aromatic heterocycles. The zero-order valence-corrected chi connectivity index (χ0v) is 18.6. The van der Waals surface area contributed by atoms with Crippen LogP contribution in [0.1, 0.15) is 31.5 Å². The van der Waals surface area contributed by atoms with E-state index in [1.165, 1.54) is 24.6 Å². The Kier molecular flexibility index (Phi) is 8.40. The van der Waals surface area contributed by atoms with Crippen molar-refractivity contribution in [1.29, 1.82) is 0 Å². The van der Waals surface area contributed by atoms with Gasteiger partial charge in [0.2, 0.25) is 5.91 Å². The number of carbonyl (C=O) groups is 4. The van der Waals surface area contributed by atoms with E-state index < -0.39 is 53.5 Å². The number of nitrogens with one attached hydrogen (secondary N) is 3. The van der Waals surface area contributed by atoms with E-state index in [1.54, 1.807) is 17.5 Å². The van der Waals surface area contributed by atoms with Crippen molar-refractivity contribution in [2.75, 3.05) is 6.54 Å². The van der Waals surface area contributed by atoms with Crippen LogP contribution >= 0.6 is 11.3 Å². The lowest BCUT2D eigenvalue weighted by Crippen LogP contribution is -2.48. The minimum atomic E-state index is -1.66. The maximum absolute atomic E-state index is 14.5. The van der Waals surface area contributed by atoms with Crippen LogP contribution in [-0.2, 0) is 16.1 Å². The molecule has 4 N–H and O–H groups in total. The zero-order valence-electron chi connectivity index (χ0n) is 17.8. The molecular weight excluding hydrogens is 486 g/mol. The van der Waals surface area contributed by atoms with E-state index in [0.717, 1.165) is 23.5 Å². The third kappa shape index (κ3) is 7.04. The van der Waals surface area contributed by atoms with Crippen LogP contribution in [0.25, 0.3) is 6.08 Å². The van der Waals surface area contributed by atoms with E-state index in [9.17, 15) is 33.1 Å². The van der Waals surface area contributed by atoms with Crippen molar-refractivity contribution in [3.05, 3.63) is 81.7 Å². The summed E-state index contributed by atoms with van der Waals surface area (Å²) in [7, 11) is 0. The molecule has 1 aromatic carbocycles. The first-order valence-corrected chi connectivity index (χ1v) is 10.8. The number of thiazole rings is 1. The highest BCUT2D eigenvalue weighted by molar-refractivity contribution is 7.11. The van der Waals surface area contributed by atoms with Crippen molar-refractivity contribution in [3.63, 3.8) is 0 Å². The van der Waals surface area contributed by atoms with Gasteiger partial charge in [-0.05, 0) is 35.9 Å². The molecule has 1 atom stereocenters. The number of rotatable bonds is 10. The summed E-state index contributed by atoms with van der Waals surface area (Å²) in [6, 6.07) is 3.29. The van der Waals surface area contributed by atoms with E-state index in [1.807, 2.05) is 5.32 Å². The number of carbonyl (C=O) groups excluding carboxylic acids is 3. The molecule has 0 aliphatic rings. The molecule has 2 heterocycles. The summed E-state index contributed by atoms with van der Waals surface area (Å²) in [6.07, 6.45) is 5.39. The highest BCUT2D eigenvalue weighted by atomic mass is 32.1. The molecule has 10 nitrogen and oxygen atoms in total. The van der Waals surface area contributed by atoms with Gasteiger partial charge in [0.05, 0.1) is 6.26 Å². The number of aromatic nitrogens is 1. The quantitative estimate of drug-likeness (QED) is 0.308. The average Bonchev–Trinajstić information content (AvgIpc) is 3.52. The maximum atomic E-state index is 14.5. The standard InChI is InChI=1S/C22H18F2N4O6S/c23-14-8-12(10-26-17(29)4-3-13-2-1-6-34-13)9-15(24)18(14)19(30)28-16(22(32)33)11-27-20(31)21-25-5-7-35-21/h1-9,16H,10-11H2,(H,26,29)(H,27,31)(H,28,30)(H,32,33)/b4-3+. The van der Waals surface area contributed by atoms with Gasteiger partial charge in [-0.15, -0.1) is 11.3 Å². The average molecular weight is 504 g/mol. The second-order valence-corrected chi connectivity index (χ2v) is 7.81. The summed E-state index contributed by atoms with van der Waals surface area (Å²) in [4.78, 5) is 51.4. The second-order valence-electron chi connectivity index (χ2n) is 6.91. The van der Waals surface area contributed by atoms with Gasteiger partial charge in [-0.25, -0.2) is 18.6 Å². The number of furan rings is 1. The Bertz CT molecular complexity index is 1220. The number of nitrogens with zero attached hydrogens (tertiary/aromatic N) is 1. The number of carboxylic acids is 1. The number of hydrogen-bond donors (Lipinski definition) is 4. The molecule has 0 aliphatic carbocycles. The predicted octanol–water partition coefficient (Wildman–Crippen LogP) is 1.96. The number of hydrogen-bond acceptors (Lipinski definition) is 7. The molecule has 13 heteroatoms. The van der Waals surface area contributed by atoms with Crippen LogP contribution in [0.5, 0.6) is 0 Å². The van der Waals surface area contributed by atoms with Crippen molar-refractivity contribution < 1.29 is 37.5 Å². The Morgan fingerprint density at radius 2 is 1.89 bits per heavy atom. The Balaban J connectivity index is 1.60. The number of halogens is 2. The van der Waals surface area contributed by atoms with Crippen molar-refractivity contribution in [2.24, 2.45) is 0 Å². The van der Waals surface area contributed by atoms with Crippen LogP contribution in [-0.4, -0.2) is 46.4 Å². The van der Waals surface area contributed by atoms with Crippen molar-refractivity contribution in [1.82, 2.24) is 20.9 Å². The molecule has 0 saturated heterocycles. The van der Waals surface area contributed by atoms with E-state index in [4.69, 9.17) is 4.42 Å². The first-order chi connectivity index (χ1) is 16.7. The summed E-state index contributed by atoms with van der Waals surface area (Å²) in [5.41, 5.74) is -0.975. The molecule has 35 heavy (non-hydrogen) atoms. The summed E-state index contributed by atoms with van der Waals surface area (Å²) in [5, 5.41) is 17.6. The molecule has 0 aliphatic heterocycles. The highest BCUT2D eigenvalue weighted by Crippen LogP contribution is 2.16. The van der Waals surface area contributed by atoms with Crippen molar-refractivity contribution >= 4 is 41.1 Å². The van der Waals surface area contributed by atoms with Gasteiger partial charge in [0.25, 0.3) is 11.8 Å². The maximum Gasteiger partial charge on any atom is 0.328 e. The van der Waals surface area contributed by atoms with Gasteiger partial charge in [0.1, 0.15) is 29.0 Å². The number of aliphatic carboxylic acids is 1. The van der Waals surface area contributed by atoms with Gasteiger partial charge in [-0.1, -0.05) is 0 Å². The SMILES string of the molecule is O=C(/C=C/c1ccco1)NCc1cc(F)c(C(=O)NC(CNC(=O)c2nccs2)C(=O)O)c(F)c1. The van der Waals surface area contributed by atoms with Crippen LogP contribution in [0.3, 0.4) is 0 Å². The minimum Gasteiger partial charge on any atom is -0.480 e. The van der Waals surface area contributed by atoms with E-state index in [0.29, 0.717) is 5.76 Å². The second kappa shape index (κ2) is 11.7. The highest BCUT2D eigenvalue weighted by Gasteiger charge is 2.26. The lowest BCUT2D eigenvalue weighted by atomic mass is 10.1. The lowest BCUT2D eigenvalue weighted by molar-refractivity contribution is -0.139. The monoisotopic (exact) mass is 504 g/mol. The van der Waals surface area contributed by atoms with E-state index in [-0.39, 0.29) is 17.1 Å². The number of benzene rings is 1. The Morgan fingerprint density at radius 3 is 2.49 bits per heavy atom. The Hall–Kier alpha value is -4.39. The third-order valence-electron chi connectivity index (χ3n) is 4.43. The molecule has 0 spiro atoms. The number of carboxylic acid groups (broad SMARTS) is 1. The Morgan fingerprint density at radius 1 is 1.14 bits per heavy atom. The van der Waals surface area contributed by atoms with Crippen LogP contribution in [0, 0.1) is 11.6 Å². The lowest BCUT2D eigenvalue weighted by Gasteiger charge is -2.16. The first-order valence-electron chi connectivity index (χ1n) is 9.93. The Labute approximate surface area is 200 Å². The van der Waals surface area contributed by atoms with E-state index in [2.05, 4.69) is 15.6 Å². The molecule has 0 bridgehead atoms. The smallest absolute Gasteiger partial charge is 0.328 e. The summed E-state index contributed by atoms with van der Waals surface area (Å²) < 4.78 is 34.1. The van der Waals surface area contributed by atoms with Gasteiger partial charge in [0, 0.05) is 30.7 Å². The molecule has 3 amide bonds. The fourth-order valence-corrected chi connectivity index (χ4v) is 3.32. The van der Waals surface area contributed by atoms with Gasteiger partial charge >= 0.3 is 5.97 Å². The van der Waals surface area contributed by atoms with Gasteiger partial charge in [-0.3, -0.25) is 14.4 Å². The summed E-state index contributed by atoms with van der Waals surface area (Å²) in [6.45, 7) is -0.782. The predicted molar refractivity (Wildman–Crippen MR) is 119 cm³/mol. The van der Waals surface area contributed by atoms with Crippen LogP contribution in [0.2, 0.25) is 0 Å². The molecule has 0 fully saturated rings. The molecule has 1 unspecified atom stereocenters. The first kappa shape index (κ1) is 25.2. The molecule has 182 valence electrons. The largest absolute Gasteiger partial charge is 0.480 e. The van der Waals surface area contributed by atoms with Crippen LogP contribution in [0.4, 0.5) is 8.78 Å². The summed E-state index contributed by atoms with van der Waals surface area (Å²) >= 11 is 1.02. The third-order valence-corrected chi connectivity index (χ3v) is 5.21. The van der Waals surface area contributed by atoms with Crippen molar-refractivity contribution in [3.8, 4) is 0 Å².